The van der Waals surface area contributed by atoms with Gasteiger partial charge in [-0.05, 0) is 61.4 Å². The van der Waals surface area contributed by atoms with E-state index in [1.165, 1.54) is 29.2 Å². The van der Waals surface area contributed by atoms with E-state index in [4.69, 9.17) is 22.9 Å². The van der Waals surface area contributed by atoms with Gasteiger partial charge < -0.3 is 80.0 Å². The molecule has 0 bridgehead atoms. The number of guanidine groups is 1. The number of amides is 8. The maximum absolute atomic E-state index is 14.4. The number of nitrogens with zero attached hydrogens (tertiary/aromatic N) is 2. The summed E-state index contributed by atoms with van der Waals surface area (Å²) in [6, 6.07) is 4.48. The van der Waals surface area contributed by atoms with Crippen LogP contribution in [0.1, 0.15) is 49.7 Å². The van der Waals surface area contributed by atoms with E-state index in [1.807, 2.05) is 0 Å². The van der Waals surface area contributed by atoms with Crippen LogP contribution in [0, 0.1) is 0 Å². The van der Waals surface area contributed by atoms with Gasteiger partial charge in [0.05, 0.1) is 32.0 Å². The van der Waals surface area contributed by atoms with Crippen molar-refractivity contribution in [2.75, 3.05) is 26.2 Å². The van der Waals surface area contributed by atoms with Gasteiger partial charge in [0.1, 0.15) is 36.0 Å². The number of phenols is 1. The number of nitrogens with one attached hydrogen (secondary N) is 7. The zero-order chi connectivity index (χ0) is 50.8. The van der Waals surface area contributed by atoms with E-state index in [2.05, 4.69) is 41.9 Å². The molecule has 2 heterocycles. The summed E-state index contributed by atoms with van der Waals surface area (Å²) in [6.45, 7) is -1.27. The van der Waals surface area contributed by atoms with Crippen LogP contribution in [0.25, 0.3) is 10.9 Å². The first kappa shape index (κ1) is 53.3. The van der Waals surface area contributed by atoms with Crippen LogP contribution in [0.3, 0.4) is 0 Å². The fourth-order valence-electron chi connectivity index (χ4n) is 7.36. The van der Waals surface area contributed by atoms with Gasteiger partial charge in [-0.25, -0.2) is 4.79 Å². The van der Waals surface area contributed by atoms with Crippen LogP contribution in [-0.4, -0.2) is 153 Å². The summed E-state index contributed by atoms with van der Waals surface area (Å²) < 4.78 is 0. The molecule has 0 saturated carbocycles. The third-order valence-electron chi connectivity index (χ3n) is 10.8. The van der Waals surface area contributed by atoms with E-state index < -0.39 is 121 Å². The molecule has 0 aliphatic carbocycles. The van der Waals surface area contributed by atoms with Crippen LogP contribution in [-0.2, 0) is 60.8 Å². The number of carbonyl (C=O) groups excluding carboxylic acids is 8. The van der Waals surface area contributed by atoms with Gasteiger partial charge in [0.2, 0.25) is 47.3 Å². The number of phenolic OH excluding ortho intramolecular Hbond substituents is 1. The first-order valence-electron chi connectivity index (χ1n) is 21.6. The number of hydrogen-bond acceptors (Lipinski definition) is 13. The van der Waals surface area contributed by atoms with Crippen molar-refractivity contribution in [3.63, 3.8) is 0 Å². The highest BCUT2D eigenvalue weighted by Gasteiger charge is 2.39. The van der Waals surface area contributed by atoms with Crippen molar-refractivity contribution in [3.05, 3.63) is 65.9 Å². The molecule has 372 valence electrons. The lowest BCUT2D eigenvalue weighted by atomic mass is 10.0. The number of likely N-dealkylation sites (tertiary alicyclic amines) is 1. The van der Waals surface area contributed by atoms with Gasteiger partial charge in [-0.1, -0.05) is 30.3 Å². The first-order chi connectivity index (χ1) is 32.7. The van der Waals surface area contributed by atoms with Gasteiger partial charge in [-0.2, -0.15) is 0 Å². The zero-order valence-electron chi connectivity index (χ0n) is 37.3. The molecular weight excluding hydrogens is 907 g/mol. The number of aliphatic carboxylic acids is 2. The number of aromatic amines is 1. The lowest BCUT2D eigenvalue weighted by Crippen LogP contribution is -2.58. The molecule has 1 aliphatic heterocycles. The van der Waals surface area contributed by atoms with E-state index >= 15 is 0 Å². The highest BCUT2D eigenvalue weighted by Crippen LogP contribution is 2.23. The molecule has 1 aromatic heterocycles. The van der Waals surface area contributed by atoms with E-state index in [0.717, 1.165) is 0 Å². The minimum atomic E-state index is -1.70. The molecule has 69 heavy (non-hydrogen) atoms. The number of hydrogen-bond donors (Lipinski definition) is 14. The summed E-state index contributed by atoms with van der Waals surface area (Å²) in [5.41, 5.74) is 23.7. The summed E-state index contributed by atoms with van der Waals surface area (Å²) in [6.07, 6.45) is 0.412. The van der Waals surface area contributed by atoms with Crippen LogP contribution in [0.2, 0.25) is 0 Å². The summed E-state index contributed by atoms with van der Waals surface area (Å²) in [4.78, 5) is 137. The van der Waals surface area contributed by atoms with Gasteiger partial charge in [0, 0.05) is 36.6 Å². The Morgan fingerprint density at radius 1 is 0.754 bits per heavy atom. The van der Waals surface area contributed by atoms with E-state index in [9.17, 15) is 63.3 Å². The fraction of sp³-hybridized carbons (Fsp3) is 0.419. The van der Waals surface area contributed by atoms with Crippen molar-refractivity contribution in [3.8, 4) is 5.75 Å². The lowest BCUT2D eigenvalue weighted by molar-refractivity contribution is -0.144. The number of fused-ring (bicyclic) bond motifs is 1. The molecule has 1 saturated heterocycles. The molecule has 2 aromatic carbocycles. The number of aliphatic imine (C=N–C) groups is 1. The quantitative estimate of drug-likeness (QED) is 0.0205. The second-order valence-corrected chi connectivity index (χ2v) is 16.1. The minimum absolute atomic E-state index is 0.0108. The predicted molar refractivity (Wildman–Crippen MR) is 244 cm³/mol. The Hall–Kier alpha value is -8.29. The highest BCUT2D eigenvalue weighted by atomic mass is 16.4. The maximum atomic E-state index is 14.4. The number of carbonyl (C=O) groups is 10. The largest absolute Gasteiger partial charge is 0.508 e. The van der Waals surface area contributed by atoms with Crippen LogP contribution >= 0.6 is 0 Å². The molecule has 4 rings (SSSR count). The molecule has 18 N–H and O–H groups in total. The smallest absolute Gasteiger partial charge is 0.326 e. The zero-order valence-corrected chi connectivity index (χ0v) is 37.3. The van der Waals surface area contributed by atoms with Gasteiger partial charge in [-0.3, -0.25) is 48.1 Å². The number of carboxylic acids is 2. The van der Waals surface area contributed by atoms with E-state index in [-0.39, 0.29) is 56.9 Å². The Morgan fingerprint density at radius 2 is 1.41 bits per heavy atom. The number of carboxylic acid groups (broad SMARTS) is 2. The molecular formula is C43H57N13O13. The second-order valence-electron chi connectivity index (χ2n) is 16.1. The lowest BCUT2D eigenvalue weighted by Gasteiger charge is -2.30. The summed E-state index contributed by atoms with van der Waals surface area (Å²) in [5, 5.41) is 43.6. The summed E-state index contributed by atoms with van der Waals surface area (Å²) in [7, 11) is 0. The fourth-order valence-corrected chi connectivity index (χ4v) is 7.36. The van der Waals surface area contributed by atoms with Crippen molar-refractivity contribution >= 4 is 76.1 Å². The van der Waals surface area contributed by atoms with Crippen molar-refractivity contribution in [2.45, 2.75) is 87.6 Å². The normalized spacial score (nSPS) is 15.3. The topological polar surface area (TPSA) is 439 Å². The third-order valence-corrected chi connectivity index (χ3v) is 10.8. The highest BCUT2D eigenvalue weighted by molar-refractivity contribution is 5.98. The van der Waals surface area contributed by atoms with Crippen molar-refractivity contribution in [2.24, 2.45) is 27.9 Å². The monoisotopic (exact) mass is 963 g/mol. The third kappa shape index (κ3) is 16.8. The standard InChI is InChI=1S/C43H57N13O13/c44-26(15-22-9-11-24(57)12-10-22)37(63)53-29(18-36(61)62)39(65)54-30(16-23-19-49-27-6-2-1-5-25(23)27)41(67)56-14-4-8-32(56)40(66)51-20-34(59)50-21-35(60)52-28(7-3-13-48-43(46)47)38(64)55-31(42(68)69)17-33(45)58/h1-2,5-6,9-12,19,26,28-32,49,57H,3-4,7-8,13-18,20-21,44H2,(H2,45,58)(H,50,59)(H,51,66)(H,52,60)(H,53,63)(H,54,65)(H,55,64)(H,61,62)(H,68,69)(H4,46,47,48)/t26-,28-,29-,30-,31-,32-/m0/s1. The van der Waals surface area contributed by atoms with Crippen LogP contribution < -0.4 is 54.8 Å². The summed E-state index contributed by atoms with van der Waals surface area (Å²) >= 11 is 0. The number of para-hydroxylation sites is 1. The molecule has 26 heteroatoms. The average molecular weight is 964 g/mol. The Kier molecular flexibility index (Phi) is 19.8. The number of nitrogens with two attached hydrogens (primary N) is 4. The Balaban J connectivity index is 1.42. The second kappa shape index (κ2) is 25.6. The number of benzene rings is 2. The molecule has 8 amide bonds. The molecule has 0 unspecified atom stereocenters. The minimum Gasteiger partial charge on any atom is -0.508 e. The van der Waals surface area contributed by atoms with Crippen LogP contribution in [0.4, 0.5) is 0 Å². The molecule has 0 radical (unpaired) electrons. The van der Waals surface area contributed by atoms with Crippen molar-refractivity contribution in [1.82, 2.24) is 41.8 Å². The van der Waals surface area contributed by atoms with Crippen molar-refractivity contribution in [1.29, 1.82) is 0 Å². The number of rotatable bonds is 26. The molecule has 6 atom stereocenters. The molecule has 0 spiro atoms. The molecule has 1 aliphatic rings. The Bertz CT molecular complexity index is 2400. The maximum Gasteiger partial charge on any atom is 0.326 e. The molecule has 3 aromatic rings. The molecule has 1 fully saturated rings. The van der Waals surface area contributed by atoms with Gasteiger partial charge in [-0.15, -0.1) is 0 Å². The van der Waals surface area contributed by atoms with Crippen LogP contribution in [0.5, 0.6) is 5.75 Å². The van der Waals surface area contributed by atoms with Crippen LogP contribution in [0.15, 0.2) is 59.7 Å². The number of aromatic nitrogens is 1. The average Bonchev–Trinajstić information content (AvgIpc) is 3.96. The SMILES string of the molecule is NC(=O)C[C@H](NC(=O)[C@H](CCCN=C(N)N)NC(=O)CNC(=O)CNC(=O)[C@@H]1CCCN1C(=O)[C@H](Cc1c[nH]c2ccccc12)NC(=O)[C@H](CC(=O)O)NC(=O)[C@@H](N)Cc1ccc(O)cc1)C(=O)O. The van der Waals surface area contributed by atoms with Crippen molar-refractivity contribution < 1.29 is 63.3 Å². The van der Waals surface area contributed by atoms with Gasteiger partial charge >= 0.3 is 11.9 Å². The Morgan fingerprint density at radius 3 is 2.07 bits per heavy atom. The number of aromatic hydroxyl groups is 1. The predicted octanol–water partition coefficient (Wildman–Crippen LogP) is -4.36. The first-order valence-corrected chi connectivity index (χ1v) is 21.6. The number of primary amides is 1. The van der Waals surface area contributed by atoms with E-state index in [0.29, 0.717) is 28.5 Å². The van der Waals surface area contributed by atoms with Gasteiger partial charge in [0.25, 0.3) is 0 Å². The Labute approximate surface area is 393 Å². The van der Waals surface area contributed by atoms with Gasteiger partial charge in [0.15, 0.2) is 5.96 Å². The van der Waals surface area contributed by atoms with E-state index in [1.54, 1.807) is 30.5 Å². The number of H-pyrrole nitrogens is 1. The molecule has 26 nitrogen and oxygen atoms in total. The summed E-state index contributed by atoms with van der Waals surface area (Å²) in [5.74, 6) is -10.3.